The maximum Gasteiger partial charge on any atom is 0.274 e. The first-order valence-electron chi connectivity index (χ1n) is 8.97. The van der Waals surface area contributed by atoms with Gasteiger partial charge in [-0.3, -0.25) is 14.3 Å². The molecule has 6 nitrogen and oxygen atoms in total. The molecular formula is C18H28N4O2. The number of aryl methyl sites for hydroxylation is 1. The van der Waals surface area contributed by atoms with Gasteiger partial charge < -0.3 is 9.80 Å². The average molecular weight is 332 g/mol. The second-order valence-electron chi connectivity index (χ2n) is 7.35. The zero-order chi connectivity index (χ0) is 17.4. The number of hydrogen-bond donors (Lipinski definition) is 0. The summed E-state index contributed by atoms with van der Waals surface area (Å²) in [5.41, 5.74) is 1.61. The molecule has 0 spiro atoms. The van der Waals surface area contributed by atoms with Gasteiger partial charge in [-0.05, 0) is 51.5 Å². The van der Waals surface area contributed by atoms with E-state index in [4.69, 9.17) is 0 Å². The van der Waals surface area contributed by atoms with Gasteiger partial charge in [0.2, 0.25) is 5.91 Å². The van der Waals surface area contributed by atoms with Crippen molar-refractivity contribution in [3.05, 3.63) is 17.5 Å². The van der Waals surface area contributed by atoms with Crippen molar-refractivity contribution in [3.8, 4) is 0 Å². The standard InChI is InChI=1S/C18H28N4O2/c1-12-11-17(19-22(12)13(2)15-5-6-15)18(24)21-9-7-16(8-10-21)20(4)14(3)23/h11,13,15-16H,5-10H2,1-4H3. The van der Waals surface area contributed by atoms with E-state index in [0.717, 1.165) is 18.5 Å². The first-order valence-corrected chi connectivity index (χ1v) is 8.97. The molecule has 1 aromatic rings. The van der Waals surface area contributed by atoms with E-state index in [0.29, 0.717) is 30.7 Å². The monoisotopic (exact) mass is 332 g/mol. The maximum absolute atomic E-state index is 12.8. The first kappa shape index (κ1) is 17.0. The molecule has 1 aliphatic heterocycles. The van der Waals surface area contributed by atoms with Gasteiger partial charge in [0.05, 0.1) is 6.04 Å². The van der Waals surface area contributed by atoms with Crippen molar-refractivity contribution in [1.29, 1.82) is 0 Å². The fourth-order valence-electron chi connectivity index (χ4n) is 3.66. The molecule has 2 aliphatic rings. The Kier molecular flexibility index (Phi) is 4.65. The molecule has 6 heteroatoms. The molecule has 0 radical (unpaired) electrons. The highest BCUT2D eigenvalue weighted by atomic mass is 16.2. The number of hydrogen-bond acceptors (Lipinski definition) is 3. The highest BCUT2D eigenvalue weighted by molar-refractivity contribution is 5.92. The minimum atomic E-state index is 0.0174. The molecule has 1 unspecified atom stereocenters. The molecule has 2 fully saturated rings. The van der Waals surface area contributed by atoms with Crippen molar-refractivity contribution in [1.82, 2.24) is 19.6 Å². The molecular weight excluding hydrogens is 304 g/mol. The number of piperidine rings is 1. The molecule has 0 N–H and O–H groups in total. The van der Waals surface area contributed by atoms with E-state index in [-0.39, 0.29) is 17.9 Å². The molecule has 3 rings (SSSR count). The van der Waals surface area contributed by atoms with Gasteiger partial charge in [-0.25, -0.2) is 0 Å². The lowest BCUT2D eigenvalue weighted by atomic mass is 10.0. The van der Waals surface area contributed by atoms with E-state index < -0.39 is 0 Å². The van der Waals surface area contributed by atoms with E-state index in [1.807, 2.05) is 29.6 Å². The number of rotatable bonds is 4. The molecule has 2 amide bonds. The Balaban J connectivity index is 1.63. The van der Waals surface area contributed by atoms with Crippen LogP contribution in [0.5, 0.6) is 0 Å². The van der Waals surface area contributed by atoms with E-state index in [9.17, 15) is 9.59 Å². The minimum Gasteiger partial charge on any atom is -0.343 e. The molecule has 1 saturated heterocycles. The normalized spacial score (nSPS) is 20.1. The van der Waals surface area contributed by atoms with Crippen molar-refractivity contribution >= 4 is 11.8 Å². The van der Waals surface area contributed by atoms with Gasteiger partial charge in [0.25, 0.3) is 5.91 Å². The summed E-state index contributed by atoms with van der Waals surface area (Å²) in [6.45, 7) is 7.18. The van der Waals surface area contributed by atoms with Crippen LogP contribution in [0.3, 0.4) is 0 Å². The minimum absolute atomic E-state index is 0.0174. The summed E-state index contributed by atoms with van der Waals surface area (Å²) in [6, 6.07) is 2.52. The van der Waals surface area contributed by atoms with E-state index in [1.165, 1.54) is 12.8 Å². The predicted molar refractivity (Wildman–Crippen MR) is 91.8 cm³/mol. The van der Waals surface area contributed by atoms with Crippen molar-refractivity contribution in [2.45, 2.75) is 58.5 Å². The number of aromatic nitrogens is 2. The highest BCUT2D eigenvalue weighted by Gasteiger charge is 2.32. The van der Waals surface area contributed by atoms with Crippen molar-refractivity contribution in [2.75, 3.05) is 20.1 Å². The van der Waals surface area contributed by atoms with Gasteiger partial charge in [-0.1, -0.05) is 0 Å². The number of carbonyl (C=O) groups is 2. The largest absolute Gasteiger partial charge is 0.343 e. The van der Waals surface area contributed by atoms with Crippen LogP contribution in [0.1, 0.15) is 61.8 Å². The fourth-order valence-corrected chi connectivity index (χ4v) is 3.66. The van der Waals surface area contributed by atoms with Gasteiger partial charge >= 0.3 is 0 Å². The number of nitrogens with zero attached hydrogens (tertiary/aromatic N) is 4. The Hall–Kier alpha value is -1.85. The van der Waals surface area contributed by atoms with Gasteiger partial charge in [-0.15, -0.1) is 0 Å². The fraction of sp³-hybridized carbons (Fsp3) is 0.722. The molecule has 1 atom stereocenters. The highest BCUT2D eigenvalue weighted by Crippen LogP contribution is 2.39. The third kappa shape index (κ3) is 3.32. The molecule has 1 saturated carbocycles. The molecule has 132 valence electrons. The van der Waals surface area contributed by atoms with Gasteiger partial charge in [0.15, 0.2) is 5.69 Å². The molecule has 0 aromatic carbocycles. The number of carbonyl (C=O) groups excluding carboxylic acids is 2. The van der Waals surface area contributed by atoms with Crippen molar-refractivity contribution in [2.24, 2.45) is 5.92 Å². The summed E-state index contributed by atoms with van der Waals surface area (Å²) in [6.07, 6.45) is 4.20. The van der Waals surface area contributed by atoms with Crippen LogP contribution in [0, 0.1) is 12.8 Å². The van der Waals surface area contributed by atoms with Crippen LogP contribution in [-0.2, 0) is 4.79 Å². The third-order valence-corrected chi connectivity index (χ3v) is 5.63. The van der Waals surface area contributed by atoms with Crippen LogP contribution in [0.4, 0.5) is 0 Å². The second-order valence-corrected chi connectivity index (χ2v) is 7.35. The Bertz CT molecular complexity index is 627. The van der Waals surface area contributed by atoms with Crippen LogP contribution in [0.15, 0.2) is 6.07 Å². The first-order chi connectivity index (χ1) is 11.4. The summed E-state index contributed by atoms with van der Waals surface area (Å²) < 4.78 is 2.02. The molecule has 0 bridgehead atoms. The molecule has 1 aromatic heterocycles. The van der Waals surface area contributed by atoms with E-state index in [2.05, 4.69) is 12.0 Å². The van der Waals surface area contributed by atoms with Crippen LogP contribution in [-0.4, -0.2) is 57.6 Å². The summed E-state index contributed by atoms with van der Waals surface area (Å²) in [5, 5.41) is 4.59. The Morgan fingerprint density at radius 1 is 1.25 bits per heavy atom. The third-order valence-electron chi connectivity index (χ3n) is 5.63. The number of amides is 2. The van der Waals surface area contributed by atoms with E-state index in [1.54, 1.807) is 11.8 Å². The number of likely N-dealkylation sites (tertiary alicyclic amines) is 1. The topological polar surface area (TPSA) is 58.4 Å². The summed E-state index contributed by atoms with van der Waals surface area (Å²) >= 11 is 0. The average Bonchev–Trinajstić information content (AvgIpc) is 3.35. The summed E-state index contributed by atoms with van der Waals surface area (Å²) in [5.74, 6) is 0.816. The van der Waals surface area contributed by atoms with Crippen LogP contribution < -0.4 is 0 Å². The zero-order valence-corrected chi connectivity index (χ0v) is 15.2. The molecule has 2 heterocycles. The molecule has 24 heavy (non-hydrogen) atoms. The quantitative estimate of drug-likeness (QED) is 0.850. The summed E-state index contributed by atoms with van der Waals surface area (Å²) in [7, 11) is 1.84. The van der Waals surface area contributed by atoms with Gasteiger partial charge in [-0.2, -0.15) is 5.10 Å². The summed E-state index contributed by atoms with van der Waals surface area (Å²) in [4.78, 5) is 27.9. The second kappa shape index (κ2) is 6.57. The van der Waals surface area contributed by atoms with Crippen LogP contribution in [0.25, 0.3) is 0 Å². The van der Waals surface area contributed by atoms with Gasteiger partial charge in [0.1, 0.15) is 0 Å². The van der Waals surface area contributed by atoms with Crippen molar-refractivity contribution in [3.63, 3.8) is 0 Å². The Labute approximate surface area is 143 Å². The lowest BCUT2D eigenvalue weighted by molar-refractivity contribution is -0.130. The van der Waals surface area contributed by atoms with Crippen molar-refractivity contribution < 1.29 is 9.59 Å². The lowest BCUT2D eigenvalue weighted by Crippen LogP contribution is -2.46. The van der Waals surface area contributed by atoms with Gasteiger partial charge in [0, 0.05) is 38.8 Å². The smallest absolute Gasteiger partial charge is 0.274 e. The maximum atomic E-state index is 12.8. The van der Waals surface area contributed by atoms with E-state index >= 15 is 0 Å². The Morgan fingerprint density at radius 2 is 1.88 bits per heavy atom. The Morgan fingerprint density at radius 3 is 2.42 bits per heavy atom. The lowest BCUT2D eigenvalue weighted by Gasteiger charge is -2.36. The molecule has 1 aliphatic carbocycles. The van der Waals surface area contributed by atoms with Crippen LogP contribution >= 0.6 is 0 Å². The van der Waals surface area contributed by atoms with Crippen LogP contribution in [0.2, 0.25) is 0 Å². The SMILES string of the molecule is CC(=O)N(C)C1CCN(C(=O)c2cc(C)n(C(C)C3CC3)n2)CC1. The predicted octanol–water partition coefficient (Wildman–Crippen LogP) is 2.25. The zero-order valence-electron chi connectivity index (χ0n) is 15.2.